The lowest BCUT2D eigenvalue weighted by atomic mass is 10.3. The number of halogens is 1. The summed E-state index contributed by atoms with van der Waals surface area (Å²) < 4.78 is 45.8. The third kappa shape index (κ3) is 21.6. The Hall–Kier alpha value is -4.38. The van der Waals surface area contributed by atoms with Crippen molar-refractivity contribution in [2.45, 2.75) is 91.1 Å². The highest BCUT2D eigenvalue weighted by Crippen LogP contribution is 2.24. The first kappa shape index (κ1) is 49.6. The molecule has 21 heteroatoms. The second-order valence-corrected chi connectivity index (χ2v) is 13.4. The van der Waals surface area contributed by atoms with E-state index in [9.17, 15) is 34.6 Å². The van der Waals surface area contributed by atoms with E-state index in [1.807, 2.05) is 27.7 Å². The molecule has 3 saturated heterocycles. The van der Waals surface area contributed by atoms with Crippen molar-refractivity contribution >= 4 is 40.3 Å². The average Bonchev–Trinajstić information content (AvgIpc) is 3.78. The first-order valence-electron chi connectivity index (χ1n) is 16.8. The van der Waals surface area contributed by atoms with Crippen LogP contribution in [0.3, 0.4) is 0 Å². The van der Waals surface area contributed by atoms with E-state index in [1.54, 1.807) is 13.8 Å². The van der Waals surface area contributed by atoms with Crippen LogP contribution in [0.4, 0.5) is 21.0 Å². The van der Waals surface area contributed by atoms with E-state index in [0.29, 0.717) is 19.8 Å². The van der Waals surface area contributed by atoms with Crippen LogP contribution in [0.5, 0.6) is 11.5 Å². The molecule has 314 valence electrons. The fourth-order valence-corrected chi connectivity index (χ4v) is 4.29. The molecule has 3 unspecified atom stereocenters. The third-order valence-corrected chi connectivity index (χ3v) is 6.57. The number of benzene rings is 2. The molecular formula is C35H50ClN2O18+. The maximum atomic E-state index is 11.5. The Labute approximate surface area is 329 Å². The summed E-state index contributed by atoms with van der Waals surface area (Å²) >= 11 is 4.92. The lowest BCUT2D eigenvalue weighted by Crippen LogP contribution is -2.25. The van der Waals surface area contributed by atoms with Gasteiger partial charge in [0.15, 0.2) is 17.4 Å². The van der Waals surface area contributed by atoms with E-state index in [1.165, 1.54) is 62.4 Å². The van der Waals surface area contributed by atoms with E-state index in [2.05, 4.69) is 4.74 Å². The first-order chi connectivity index (χ1) is 26.0. The van der Waals surface area contributed by atoms with E-state index >= 15 is 0 Å². The normalized spacial score (nSPS) is 20.7. The minimum atomic E-state index is -0.978. The molecule has 0 aromatic heterocycles. The zero-order valence-corrected chi connectivity index (χ0v) is 33.0. The van der Waals surface area contributed by atoms with E-state index in [0.717, 1.165) is 0 Å². The average molecular weight is 822 g/mol. The number of rotatable bonds is 8. The number of ether oxygens (including phenoxy) is 9. The van der Waals surface area contributed by atoms with Crippen molar-refractivity contribution in [1.82, 2.24) is 0 Å². The lowest BCUT2D eigenvalue weighted by Gasteiger charge is -2.16. The number of carbonyl (C=O) groups is 3. The Kier molecular flexibility index (Phi) is 20.9. The van der Waals surface area contributed by atoms with Crippen LogP contribution in [0.2, 0.25) is 0 Å². The molecule has 2 aromatic rings. The number of non-ortho nitro benzene ring substituents is 2. The van der Waals surface area contributed by atoms with E-state index in [4.69, 9.17) is 59.7 Å². The predicted molar refractivity (Wildman–Crippen MR) is 196 cm³/mol. The van der Waals surface area contributed by atoms with Gasteiger partial charge in [-0.3, -0.25) is 20.2 Å². The number of hydrogen-bond acceptors (Lipinski definition) is 18. The molecule has 0 saturated carbocycles. The molecule has 3 heterocycles. The van der Waals surface area contributed by atoms with Crippen LogP contribution in [0.1, 0.15) is 56.8 Å². The molecule has 3 aliphatic rings. The molecule has 5 rings (SSSR count). The van der Waals surface area contributed by atoms with Crippen molar-refractivity contribution in [2.75, 3.05) is 39.6 Å². The zero-order valence-electron chi connectivity index (χ0n) is 33.3. The number of hydrogen-bond donors (Lipinski definition) is 2. The topological polar surface area (TPSA) is 261 Å². The molecule has 0 amide bonds. The van der Waals surface area contributed by atoms with E-state index < -0.39 is 38.8 Å². The van der Waals surface area contributed by atoms with Crippen molar-refractivity contribution in [1.29, 1.82) is 0 Å². The Balaban J connectivity index is 0.000000749. The maximum Gasteiger partial charge on any atom is 1.00 e. The molecule has 56 heavy (non-hydrogen) atoms. The fraction of sp³-hybridized carbons (Fsp3) is 0.571. The summed E-state index contributed by atoms with van der Waals surface area (Å²) in [6, 6.07) is 10.1. The summed E-state index contributed by atoms with van der Waals surface area (Å²) in [5, 5.41) is 37.9. The van der Waals surface area contributed by atoms with Gasteiger partial charge in [0.05, 0.1) is 42.9 Å². The van der Waals surface area contributed by atoms with Crippen molar-refractivity contribution in [3.8, 4) is 11.5 Å². The number of carbonyl (C=O) groups excluding carboxylic acids is 3. The Morgan fingerprint density at radius 1 is 0.696 bits per heavy atom. The molecule has 0 bridgehead atoms. The highest BCUT2D eigenvalue weighted by Gasteiger charge is 2.34. The van der Waals surface area contributed by atoms with Gasteiger partial charge in [0.25, 0.3) is 11.4 Å². The number of ketones is 1. The van der Waals surface area contributed by atoms with Crippen LogP contribution in [-0.2, 0) is 38.0 Å². The van der Waals surface area contributed by atoms with Gasteiger partial charge in [0.1, 0.15) is 42.2 Å². The summed E-state index contributed by atoms with van der Waals surface area (Å²) in [5.41, 5.74) is -1.14. The molecule has 2 N–H and O–H groups in total. The maximum absolute atomic E-state index is 11.5. The van der Waals surface area contributed by atoms with Crippen LogP contribution in [0.15, 0.2) is 48.5 Å². The number of Topliss-reactive ketones (excluding diaryl/α,β-unsaturated/α-hetero) is 1. The summed E-state index contributed by atoms with van der Waals surface area (Å²) in [6.45, 7) is 15.4. The van der Waals surface area contributed by atoms with Gasteiger partial charge in [0.2, 0.25) is 0 Å². The Morgan fingerprint density at radius 3 is 1.27 bits per heavy atom. The van der Waals surface area contributed by atoms with Gasteiger partial charge in [-0.15, -0.1) is 0 Å². The van der Waals surface area contributed by atoms with E-state index in [-0.39, 0.29) is 68.2 Å². The minimum Gasteiger partial charge on any atom is -0.431 e. The predicted octanol–water partition coefficient (Wildman–Crippen LogP) is 5.56. The summed E-state index contributed by atoms with van der Waals surface area (Å²) in [5.74, 6) is -1.17. The first-order valence-corrected chi connectivity index (χ1v) is 17.2. The molecule has 2 aromatic carbocycles. The quantitative estimate of drug-likeness (QED) is 0.108. The molecule has 3 atom stereocenters. The smallest absolute Gasteiger partial charge is 0.431 e. The second kappa shape index (κ2) is 23.6. The Morgan fingerprint density at radius 2 is 1.02 bits per heavy atom. The number of aliphatic hydroxyl groups excluding tert-OH is 2. The van der Waals surface area contributed by atoms with Crippen LogP contribution in [0, 0.1) is 20.2 Å². The van der Waals surface area contributed by atoms with Gasteiger partial charge in [-0.1, -0.05) is 0 Å². The van der Waals surface area contributed by atoms with Crippen LogP contribution >= 0.6 is 11.6 Å². The molecule has 20 nitrogen and oxygen atoms in total. The second-order valence-electron chi connectivity index (χ2n) is 13.1. The van der Waals surface area contributed by atoms with Crippen LogP contribution < -0.4 is 9.47 Å². The van der Waals surface area contributed by atoms with Crippen molar-refractivity contribution in [2.24, 2.45) is 0 Å². The van der Waals surface area contributed by atoms with Gasteiger partial charge < -0.3 is 57.6 Å². The summed E-state index contributed by atoms with van der Waals surface area (Å²) in [4.78, 5) is 50.8. The summed E-state index contributed by atoms with van der Waals surface area (Å²) in [7, 11) is 0. The largest absolute Gasteiger partial charge is 1.00 e. The minimum absolute atomic E-state index is 0. The zero-order chi connectivity index (χ0) is 42.7. The Bertz CT molecular complexity index is 1530. The van der Waals surface area contributed by atoms with Gasteiger partial charge in [-0.2, -0.15) is 0 Å². The fourth-order valence-electron chi connectivity index (χ4n) is 4.20. The van der Waals surface area contributed by atoms with Crippen molar-refractivity contribution in [3.05, 3.63) is 68.8 Å². The molecule has 0 radical (unpaired) electrons. The van der Waals surface area contributed by atoms with Crippen LogP contribution in [-0.4, -0.2) is 113 Å². The van der Waals surface area contributed by atoms with Gasteiger partial charge in [-0.25, -0.2) is 9.59 Å². The standard InChI is InChI=1S/C13H15NO7.C7H4ClNO4.2C6H12O3.C3H6O/c1-13(2)19-8-11(21-13)7-18-12(15)20-10-5-3-9(4-6-10)14(16)17;8-7(10)13-6-3-1-5(2-4-6)9(11)12;2*1-6(2)8-4-5(3-7)9-6;1-3(2)4/h3-6,11H,7-8H2,1-2H3;1-4H;2*5,7H,3-4H2,1-2H3;1-2H3/p+1. The van der Waals surface area contributed by atoms with Gasteiger partial charge >= 0.3 is 13.0 Å². The highest BCUT2D eigenvalue weighted by molar-refractivity contribution is 6.61. The molecule has 0 spiro atoms. The SMILES string of the molecule is CC(C)=O.CC1(C)OCC(CO)O1.CC1(C)OCC(CO)O1.CC1(C)OCC(COC(=O)Oc2ccc([N+](=O)[O-])cc2)O1.O=C(Cl)Oc1ccc([N+](=O)[O-])cc1.[H+]. The molecular weight excluding hydrogens is 772 g/mol. The van der Waals surface area contributed by atoms with Crippen LogP contribution in [0.25, 0.3) is 0 Å². The summed E-state index contributed by atoms with van der Waals surface area (Å²) in [6.07, 6.45) is -1.50. The monoisotopic (exact) mass is 821 g/mol. The number of nitrogens with zero attached hydrogens (tertiary/aromatic N) is 2. The molecule has 3 fully saturated rings. The molecule has 0 aliphatic carbocycles. The lowest BCUT2D eigenvalue weighted by molar-refractivity contribution is -0.385. The van der Waals surface area contributed by atoms with Gasteiger partial charge in [0, 0.05) is 35.9 Å². The number of nitro benzene ring substituents is 2. The molecule has 3 aliphatic heterocycles. The number of nitro groups is 2. The van der Waals surface area contributed by atoms with Crippen molar-refractivity contribution < 1.29 is 78.5 Å². The highest BCUT2D eigenvalue weighted by atomic mass is 35.5. The third-order valence-electron chi connectivity index (χ3n) is 6.49. The van der Waals surface area contributed by atoms with Crippen molar-refractivity contribution in [3.63, 3.8) is 0 Å². The van der Waals surface area contributed by atoms with Gasteiger partial charge in [-0.05, 0) is 79.7 Å². The number of aliphatic hydroxyl groups is 2.